The molecule has 0 bridgehead atoms. The lowest BCUT2D eigenvalue weighted by Gasteiger charge is -2.40. The first-order valence-corrected chi connectivity index (χ1v) is 14.4. The van der Waals surface area contributed by atoms with Gasteiger partial charge in [-0.1, -0.05) is 45.0 Å². The summed E-state index contributed by atoms with van der Waals surface area (Å²) in [6.07, 6.45) is 3.80. The van der Waals surface area contributed by atoms with E-state index in [2.05, 4.69) is 25.3 Å². The molecule has 216 valence electrons. The standard InChI is InChI=1S/C35H37N3O4/c1-35(2,3)24-14-12-23(13-15-24)34(40)37(25-16-17-25)22-32(39)38-29-10-7-6-9-28(29)36-20-8-11-30(36)33(38)27-21-26(41-4)18-19-31(27)42-5/h6-15,18-21,25,33H,16-17,22H2,1-5H3. The summed E-state index contributed by atoms with van der Waals surface area (Å²) >= 11 is 0. The van der Waals surface area contributed by atoms with Crippen molar-refractivity contribution in [3.8, 4) is 17.2 Å². The molecule has 1 unspecified atom stereocenters. The summed E-state index contributed by atoms with van der Waals surface area (Å²) in [6, 6.07) is 24.9. The lowest BCUT2D eigenvalue weighted by atomic mass is 9.86. The minimum Gasteiger partial charge on any atom is -0.497 e. The molecule has 4 aromatic rings. The number of hydrogen-bond acceptors (Lipinski definition) is 4. The molecule has 1 saturated carbocycles. The van der Waals surface area contributed by atoms with Crippen LogP contribution in [0.25, 0.3) is 5.69 Å². The van der Waals surface area contributed by atoms with E-state index >= 15 is 0 Å². The van der Waals surface area contributed by atoms with Crippen molar-refractivity contribution in [3.05, 3.63) is 107 Å². The first-order chi connectivity index (χ1) is 20.2. The molecule has 42 heavy (non-hydrogen) atoms. The third-order valence-electron chi connectivity index (χ3n) is 8.27. The summed E-state index contributed by atoms with van der Waals surface area (Å²) in [5, 5.41) is 0. The van der Waals surface area contributed by atoms with Crippen molar-refractivity contribution in [1.82, 2.24) is 9.47 Å². The Labute approximate surface area is 247 Å². The van der Waals surface area contributed by atoms with Gasteiger partial charge in [0.25, 0.3) is 5.91 Å². The molecule has 1 atom stereocenters. The topological polar surface area (TPSA) is 64.0 Å². The Kier molecular flexibility index (Phi) is 7.05. The lowest BCUT2D eigenvalue weighted by molar-refractivity contribution is -0.119. The molecule has 1 aromatic heterocycles. The number of rotatable bonds is 7. The number of methoxy groups -OCH3 is 2. The van der Waals surface area contributed by atoms with Gasteiger partial charge in [-0.15, -0.1) is 0 Å². The number of hydrogen-bond donors (Lipinski definition) is 0. The van der Waals surface area contributed by atoms with Gasteiger partial charge in [-0.3, -0.25) is 14.5 Å². The fourth-order valence-corrected chi connectivity index (χ4v) is 5.86. The van der Waals surface area contributed by atoms with Crippen LogP contribution in [-0.4, -0.2) is 48.1 Å². The van der Waals surface area contributed by atoms with Crippen molar-refractivity contribution in [2.24, 2.45) is 0 Å². The normalized spacial score (nSPS) is 15.9. The zero-order chi connectivity index (χ0) is 29.6. The SMILES string of the molecule is COc1ccc(OC)c(C2c3cccn3-c3ccccc3N2C(=O)CN(C(=O)c2ccc(C(C)(C)C)cc2)C2CC2)c1. The third-order valence-corrected chi connectivity index (χ3v) is 8.27. The van der Waals surface area contributed by atoms with E-state index in [4.69, 9.17) is 9.47 Å². The van der Waals surface area contributed by atoms with Crippen LogP contribution in [0.15, 0.2) is 85.1 Å². The molecular formula is C35H37N3O4. The maximum atomic E-state index is 14.5. The zero-order valence-electron chi connectivity index (χ0n) is 24.8. The lowest BCUT2D eigenvalue weighted by Crippen LogP contribution is -2.47. The van der Waals surface area contributed by atoms with Crippen LogP contribution in [0.2, 0.25) is 0 Å². The van der Waals surface area contributed by atoms with Gasteiger partial charge in [0.1, 0.15) is 24.1 Å². The van der Waals surface area contributed by atoms with E-state index in [1.54, 1.807) is 19.1 Å². The third kappa shape index (κ3) is 4.93. The average molecular weight is 564 g/mol. The monoisotopic (exact) mass is 563 g/mol. The first kappa shape index (κ1) is 27.6. The Morgan fingerprint density at radius 3 is 2.24 bits per heavy atom. The molecule has 3 aromatic carbocycles. The van der Waals surface area contributed by atoms with Crippen LogP contribution >= 0.6 is 0 Å². The predicted molar refractivity (Wildman–Crippen MR) is 164 cm³/mol. The van der Waals surface area contributed by atoms with Crippen LogP contribution < -0.4 is 14.4 Å². The molecule has 1 fully saturated rings. The van der Waals surface area contributed by atoms with Crippen LogP contribution in [0.4, 0.5) is 5.69 Å². The molecule has 2 aliphatic rings. The van der Waals surface area contributed by atoms with E-state index in [1.807, 2.05) is 90.0 Å². The van der Waals surface area contributed by atoms with E-state index in [1.165, 1.54) is 0 Å². The van der Waals surface area contributed by atoms with Gasteiger partial charge in [-0.05, 0) is 78.4 Å². The molecule has 6 rings (SSSR count). The zero-order valence-corrected chi connectivity index (χ0v) is 24.8. The van der Waals surface area contributed by atoms with Gasteiger partial charge in [0, 0.05) is 23.4 Å². The van der Waals surface area contributed by atoms with Crippen molar-refractivity contribution >= 4 is 17.5 Å². The number of ether oxygens (including phenoxy) is 2. The number of benzene rings is 3. The highest BCUT2D eigenvalue weighted by Gasteiger charge is 2.41. The molecule has 7 heteroatoms. The van der Waals surface area contributed by atoms with Gasteiger partial charge in [-0.25, -0.2) is 0 Å². The minimum absolute atomic E-state index is 0.0107. The Bertz CT molecular complexity index is 1630. The Balaban J connectivity index is 1.41. The molecule has 0 N–H and O–H groups in total. The molecule has 1 aliphatic heterocycles. The van der Waals surface area contributed by atoms with Crippen LogP contribution in [0.1, 0.15) is 66.8 Å². The van der Waals surface area contributed by atoms with Gasteiger partial charge >= 0.3 is 0 Å². The largest absolute Gasteiger partial charge is 0.497 e. The van der Waals surface area contributed by atoms with Gasteiger partial charge in [-0.2, -0.15) is 0 Å². The van der Waals surface area contributed by atoms with E-state index in [0.717, 1.165) is 41.0 Å². The van der Waals surface area contributed by atoms with E-state index in [0.29, 0.717) is 17.1 Å². The number of carbonyl (C=O) groups excluding carboxylic acids is 2. The van der Waals surface area contributed by atoms with Crippen LogP contribution in [0, 0.1) is 0 Å². The summed E-state index contributed by atoms with van der Waals surface area (Å²) < 4.78 is 13.5. The summed E-state index contributed by atoms with van der Waals surface area (Å²) in [5.74, 6) is 1.05. The quantitative estimate of drug-likeness (QED) is 0.256. The number of anilines is 1. The van der Waals surface area contributed by atoms with Crippen molar-refractivity contribution in [1.29, 1.82) is 0 Å². The molecule has 2 amide bonds. The van der Waals surface area contributed by atoms with Crippen molar-refractivity contribution in [3.63, 3.8) is 0 Å². The molecular weight excluding hydrogens is 526 g/mol. The number of aromatic nitrogens is 1. The Hall–Kier alpha value is -4.52. The molecule has 0 saturated heterocycles. The molecule has 1 aliphatic carbocycles. The van der Waals surface area contributed by atoms with Crippen molar-refractivity contribution in [2.45, 2.75) is 51.1 Å². The summed E-state index contributed by atoms with van der Waals surface area (Å²) in [5.41, 5.74) is 5.17. The highest BCUT2D eigenvalue weighted by atomic mass is 16.5. The Morgan fingerprint density at radius 1 is 0.881 bits per heavy atom. The van der Waals surface area contributed by atoms with Crippen molar-refractivity contribution in [2.75, 3.05) is 25.7 Å². The summed E-state index contributed by atoms with van der Waals surface area (Å²) in [6.45, 7) is 6.43. The number of para-hydroxylation sites is 2. The second kappa shape index (κ2) is 10.7. The van der Waals surface area contributed by atoms with Gasteiger partial charge in [0.15, 0.2) is 0 Å². The average Bonchev–Trinajstić information content (AvgIpc) is 3.73. The van der Waals surface area contributed by atoms with E-state index in [-0.39, 0.29) is 29.8 Å². The number of amides is 2. The fourth-order valence-electron chi connectivity index (χ4n) is 5.86. The molecule has 0 spiro atoms. The predicted octanol–water partition coefficient (Wildman–Crippen LogP) is 6.53. The van der Waals surface area contributed by atoms with Gasteiger partial charge in [0.2, 0.25) is 5.91 Å². The van der Waals surface area contributed by atoms with Gasteiger partial charge in [0.05, 0.1) is 31.3 Å². The highest BCUT2D eigenvalue weighted by Crippen LogP contribution is 2.45. The molecule has 2 heterocycles. The second-order valence-electron chi connectivity index (χ2n) is 12.1. The number of nitrogens with zero attached hydrogens (tertiary/aromatic N) is 3. The maximum Gasteiger partial charge on any atom is 0.254 e. The smallest absolute Gasteiger partial charge is 0.254 e. The number of fused-ring (bicyclic) bond motifs is 3. The van der Waals surface area contributed by atoms with E-state index < -0.39 is 6.04 Å². The van der Waals surface area contributed by atoms with Crippen LogP contribution in [0.3, 0.4) is 0 Å². The minimum atomic E-state index is -0.491. The van der Waals surface area contributed by atoms with E-state index in [9.17, 15) is 9.59 Å². The molecule has 7 nitrogen and oxygen atoms in total. The molecule has 0 radical (unpaired) electrons. The second-order valence-corrected chi connectivity index (χ2v) is 12.1. The van der Waals surface area contributed by atoms with Gasteiger partial charge < -0.3 is 18.9 Å². The fraction of sp³-hybridized carbons (Fsp3) is 0.314. The summed E-state index contributed by atoms with van der Waals surface area (Å²) in [4.78, 5) is 32.0. The highest BCUT2D eigenvalue weighted by molar-refractivity contribution is 6.03. The van der Waals surface area contributed by atoms with Crippen LogP contribution in [-0.2, 0) is 10.2 Å². The van der Waals surface area contributed by atoms with Crippen molar-refractivity contribution < 1.29 is 19.1 Å². The Morgan fingerprint density at radius 2 is 1.60 bits per heavy atom. The number of carbonyl (C=O) groups is 2. The first-order valence-electron chi connectivity index (χ1n) is 14.4. The van der Waals surface area contributed by atoms with Crippen LogP contribution in [0.5, 0.6) is 11.5 Å². The maximum absolute atomic E-state index is 14.5. The summed E-state index contributed by atoms with van der Waals surface area (Å²) in [7, 11) is 3.26.